The molecule has 2 aliphatic rings. The lowest BCUT2D eigenvalue weighted by Gasteiger charge is -2.34. The Labute approximate surface area is 361 Å². The molecule has 6 rings (SSSR count). The molecular formula is C42H41Cl2F6N5O7. The van der Waals surface area contributed by atoms with Crippen molar-refractivity contribution < 1.29 is 60.8 Å². The van der Waals surface area contributed by atoms with Gasteiger partial charge in [0.15, 0.2) is 0 Å². The van der Waals surface area contributed by atoms with Gasteiger partial charge in [-0.25, -0.2) is 14.8 Å². The van der Waals surface area contributed by atoms with E-state index in [1.54, 1.807) is 38.4 Å². The van der Waals surface area contributed by atoms with Crippen LogP contribution in [0.15, 0.2) is 73.1 Å². The van der Waals surface area contributed by atoms with Crippen LogP contribution in [-0.2, 0) is 12.4 Å². The summed E-state index contributed by atoms with van der Waals surface area (Å²) in [7, 11) is 3.19. The van der Waals surface area contributed by atoms with Crippen LogP contribution in [0.5, 0.6) is 0 Å². The smallest absolute Gasteiger partial charge is 0.417 e. The highest BCUT2D eigenvalue weighted by atomic mass is 35.5. The summed E-state index contributed by atoms with van der Waals surface area (Å²) < 4.78 is 78.9. The van der Waals surface area contributed by atoms with Crippen molar-refractivity contribution in [1.29, 1.82) is 0 Å². The lowest BCUT2D eigenvalue weighted by atomic mass is 9.86. The van der Waals surface area contributed by atoms with Crippen molar-refractivity contribution in [2.45, 2.75) is 87.0 Å². The topological polar surface area (TPSA) is 182 Å². The van der Waals surface area contributed by atoms with Crippen molar-refractivity contribution in [3.05, 3.63) is 128 Å². The van der Waals surface area contributed by atoms with Crippen LogP contribution in [0.2, 0.25) is 10.0 Å². The van der Waals surface area contributed by atoms with E-state index in [1.165, 1.54) is 29.2 Å². The van der Waals surface area contributed by atoms with Gasteiger partial charge in [0.25, 0.3) is 17.7 Å². The zero-order valence-corrected chi connectivity index (χ0v) is 34.6. The van der Waals surface area contributed by atoms with Crippen LogP contribution in [0.4, 0.5) is 26.3 Å². The van der Waals surface area contributed by atoms with Crippen molar-refractivity contribution in [2.75, 3.05) is 14.1 Å². The van der Waals surface area contributed by atoms with Crippen molar-refractivity contribution >= 4 is 46.9 Å². The van der Waals surface area contributed by atoms with Gasteiger partial charge < -0.3 is 30.9 Å². The maximum absolute atomic E-state index is 13.2. The summed E-state index contributed by atoms with van der Waals surface area (Å²) in [5.41, 5.74) is -5.24. The molecular weight excluding hydrogens is 871 g/mol. The maximum atomic E-state index is 13.2. The third-order valence-corrected chi connectivity index (χ3v) is 11.5. The molecule has 0 spiro atoms. The van der Waals surface area contributed by atoms with E-state index >= 15 is 0 Å². The number of carbonyl (C=O) groups excluding carboxylic acids is 3. The Bertz CT molecular complexity index is 2320. The number of rotatable bonds is 10. The zero-order chi connectivity index (χ0) is 45.8. The Balaban J connectivity index is 0.000000235. The SMILES string of the molecule is CN(C)C(=O)c1cccc(C(NC(=O)c2nccc(C(F)(F)F)c2Cl)C2(O)CCCC2)c1.O=C(O)c1cccc(C(NC(=O)c2nccc(C(F)(F)F)c2Cl)C2(O)CCCC2)c1. The van der Waals surface area contributed by atoms with Gasteiger partial charge in [-0.15, -0.1) is 0 Å². The molecule has 2 aliphatic carbocycles. The number of carboxylic acid groups (broad SMARTS) is 1. The summed E-state index contributed by atoms with van der Waals surface area (Å²) >= 11 is 11.7. The molecule has 2 unspecified atom stereocenters. The monoisotopic (exact) mass is 911 g/mol. The minimum atomic E-state index is -4.77. The number of hydrogen-bond donors (Lipinski definition) is 5. The molecule has 2 aromatic carbocycles. The van der Waals surface area contributed by atoms with E-state index in [1.807, 2.05) is 0 Å². The second kappa shape index (κ2) is 19.0. The number of halogens is 8. The molecule has 2 atom stereocenters. The molecule has 0 saturated heterocycles. The summed E-state index contributed by atoms with van der Waals surface area (Å²) in [5, 5.41) is 35.1. The van der Waals surface area contributed by atoms with Gasteiger partial charge in [-0.2, -0.15) is 26.3 Å². The van der Waals surface area contributed by atoms with Crippen molar-refractivity contribution in [1.82, 2.24) is 25.5 Å². The maximum Gasteiger partial charge on any atom is 0.417 e. The number of pyridine rings is 2. The molecule has 2 aromatic heterocycles. The quantitative estimate of drug-likeness (QED) is 0.0976. The van der Waals surface area contributed by atoms with E-state index < -0.39 is 86.0 Å². The standard InChI is InChI=1S/C22H23ClF3N3O3.C20H18ClF3N2O4/c1-29(2)20(31)14-7-5-6-13(12-14)18(21(32)9-3-4-10-21)28-19(30)17-16(23)15(8-11-27-17)22(24,25)26;21-14-13(20(22,23)24)6-9-25-15(14)17(27)26-16(19(30)7-1-2-8-19)11-4-3-5-12(10-11)18(28)29/h5-8,11-12,18,32H,3-4,9-10H2,1-2H3,(H,28,30);3-6,9-10,16,30H,1-2,7-8H2,(H,26,27)(H,28,29). The van der Waals surface area contributed by atoms with Crippen LogP contribution < -0.4 is 10.6 Å². The average molecular weight is 913 g/mol. The van der Waals surface area contributed by atoms with E-state index in [0.29, 0.717) is 67.3 Å². The molecule has 3 amide bonds. The number of benzene rings is 2. The largest absolute Gasteiger partial charge is 0.478 e. The van der Waals surface area contributed by atoms with Crippen LogP contribution in [0.1, 0.15) is 127 Å². The fourth-order valence-corrected chi connectivity index (χ4v) is 8.22. The highest BCUT2D eigenvalue weighted by Crippen LogP contribution is 2.43. The lowest BCUT2D eigenvalue weighted by Crippen LogP contribution is -2.45. The number of aliphatic hydroxyl groups is 2. The zero-order valence-electron chi connectivity index (χ0n) is 33.1. The minimum absolute atomic E-state index is 0.0522. The Morgan fingerprint density at radius 2 is 1.03 bits per heavy atom. The first-order valence-corrected chi connectivity index (χ1v) is 19.9. The first kappa shape index (κ1) is 47.7. The number of amides is 3. The van der Waals surface area contributed by atoms with Gasteiger partial charge in [-0.3, -0.25) is 14.4 Å². The van der Waals surface area contributed by atoms with Gasteiger partial charge in [0.1, 0.15) is 11.4 Å². The number of hydrogen-bond acceptors (Lipinski definition) is 8. The molecule has 2 heterocycles. The van der Waals surface area contributed by atoms with Crippen LogP contribution in [0, 0.1) is 0 Å². The molecule has 332 valence electrons. The van der Waals surface area contributed by atoms with Crippen LogP contribution >= 0.6 is 23.2 Å². The number of nitrogens with zero attached hydrogens (tertiary/aromatic N) is 3. The Morgan fingerprint density at radius 3 is 1.39 bits per heavy atom. The highest BCUT2D eigenvalue weighted by Gasteiger charge is 2.44. The second-order valence-electron chi connectivity index (χ2n) is 15.2. The van der Waals surface area contributed by atoms with E-state index in [4.69, 9.17) is 23.2 Å². The first-order chi connectivity index (χ1) is 29.0. The molecule has 20 heteroatoms. The van der Waals surface area contributed by atoms with Gasteiger partial charge in [-0.1, -0.05) is 73.2 Å². The predicted molar refractivity (Wildman–Crippen MR) is 214 cm³/mol. The number of aromatic carboxylic acids is 1. The molecule has 0 bridgehead atoms. The summed E-state index contributed by atoms with van der Waals surface area (Å²) in [6.07, 6.45) is -3.59. The summed E-state index contributed by atoms with van der Waals surface area (Å²) in [5.74, 6) is -3.41. The van der Waals surface area contributed by atoms with Crippen LogP contribution in [-0.4, -0.2) is 79.2 Å². The molecule has 12 nitrogen and oxygen atoms in total. The molecule has 5 N–H and O–H groups in total. The number of carboxylic acids is 1. The fraction of sp³-hybridized carbons (Fsp3) is 0.381. The molecule has 4 aromatic rings. The third kappa shape index (κ3) is 10.8. The minimum Gasteiger partial charge on any atom is -0.478 e. The van der Waals surface area contributed by atoms with Crippen LogP contribution in [0.3, 0.4) is 0 Å². The van der Waals surface area contributed by atoms with Gasteiger partial charge in [0, 0.05) is 32.1 Å². The van der Waals surface area contributed by atoms with Crippen molar-refractivity contribution in [2.24, 2.45) is 0 Å². The normalized spacial score (nSPS) is 16.6. The van der Waals surface area contributed by atoms with Crippen molar-refractivity contribution in [3.63, 3.8) is 0 Å². The van der Waals surface area contributed by atoms with Gasteiger partial charge in [-0.05, 0) is 73.2 Å². The highest BCUT2D eigenvalue weighted by molar-refractivity contribution is 6.34. The fourth-order valence-electron chi connectivity index (χ4n) is 7.61. The Hall–Kier alpha value is -5.30. The summed E-state index contributed by atoms with van der Waals surface area (Å²) in [4.78, 5) is 58.2. The molecule has 0 radical (unpaired) electrons. The third-order valence-electron chi connectivity index (χ3n) is 10.7. The van der Waals surface area contributed by atoms with E-state index in [-0.39, 0.29) is 11.5 Å². The number of carbonyl (C=O) groups is 4. The molecule has 0 aliphatic heterocycles. The first-order valence-electron chi connectivity index (χ1n) is 19.1. The number of nitrogens with one attached hydrogen (secondary N) is 2. The molecule has 2 fully saturated rings. The van der Waals surface area contributed by atoms with E-state index in [0.717, 1.165) is 25.2 Å². The number of alkyl halides is 6. The Morgan fingerprint density at radius 1 is 0.661 bits per heavy atom. The van der Waals surface area contributed by atoms with Crippen molar-refractivity contribution in [3.8, 4) is 0 Å². The van der Waals surface area contributed by atoms with E-state index in [2.05, 4.69) is 20.6 Å². The predicted octanol–water partition coefficient (Wildman–Crippen LogP) is 8.46. The van der Waals surface area contributed by atoms with Crippen LogP contribution in [0.25, 0.3) is 0 Å². The second-order valence-corrected chi connectivity index (χ2v) is 16.0. The summed E-state index contributed by atoms with van der Waals surface area (Å²) in [6, 6.07) is 11.4. The summed E-state index contributed by atoms with van der Waals surface area (Å²) in [6.45, 7) is 0. The molecule has 62 heavy (non-hydrogen) atoms. The van der Waals surface area contributed by atoms with Gasteiger partial charge in [0.05, 0.1) is 50.0 Å². The molecule has 2 saturated carbocycles. The van der Waals surface area contributed by atoms with E-state index in [9.17, 15) is 60.8 Å². The van der Waals surface area contributed by atoms with Gasteiger partial charge >= 0.3 is 18.3 Å². The number of aromatic nitrogens is 2. The Kier molecular flexibility index (Phi) is 14.6. The lowest BCUT2D eigenvalue weighted by molar-refractivity contribution is -0.138. The van der Waals surface area contributed by atoms with Gasteiger partial charge in [0.2, 0.25) is 0 Å². The average Bonchev–Trinajstić information content (AvgIpc) is 3.87.